The summed E-state index contributed by atoms with van der Waals surface area (Å²) in [6, 6.07) is 0.0370. The highest BCUT2D eigenvalue weighted by atomic mass is 16.4. The van der Waals surface area contributed by atoms with Gasteiger partial charge < -0.3 is 26.0 Å². The van der Waals surface area contributed by atoms with Gasteiger partial charge in [0, 0.05) is 24.4 Å². The normalized spacial score (nSPS) is 29.0. The first-order valence-corrected chi connectivity index (χ1v) is 7.97. The van der Waals surface area contributed by atoms with Crippen LogP contribution in [0.15, 0.2) is 36.2 Å². The lowest BCUT2D eigenvalue weighted by molar-refractivity contribution is -0.131. The summed E-state index contributed by atoms with van der Waals surface area (Å²) >= 11 is 0. The van der Waals surface area contributed by atoms with Crippen LogP contribution in [0.1, 0.15) is 19.3 Å². The van der Waals surface area contributed by atoms with E-state index in [-0.39, 0.29) is 24.7 Å². The Balaban J connectivity index is 1.57. The summed E-state index contributed by atoms with van der Waals surface area (Å²) in [5.74, 6) is 0.171. The van der Waals surface area contributed by atoms with Gasteiger partial charge in [-0.1, -0.05) is 24.3 Å². The van der Waals surface area contributed by atoms with Crippen LogP contribution in [0.25, 0.3) is 0 Å². The number of hydrogen-bond acceptors (Lipinski definition) is 4. The fourth-order valence-electron chi connectivity index (χ4n) is 3.38. The fourth-order valence-corrected chi connectivity index (χ4v) is 3.38. The number of likely N-dealkylation sites (tertiary alicyclic amines) is 1. The summed E-state index contributed by atoms with van der Waals surface area (Å²) in [6.07, 6.45) is 12.0. The first-order chi connectivity index (χ1) is 11.1. The van der Waals surface area contributed by atoms with E-state index < -0.39 is 6.09 Å². The van der Waals surface area contributed by atoms with E-state index in [0.29, 0.717) is 12.5 Å². The molecule has 0 radical (unpaired) electrons. The first-order valence-electron chi connectivity index (χ1n) is 7.97. The number of nitrogens with zero attached hydrogens (tertiary/aromatic N) is 1. The lowest BCUT2D eigenvalue weighted by Gasteiger charge is -2.31. The summed E-state index contributed by atoms with van der Waals surface area (Å²) in [4.78, 5) is 24.5. The zero-order valence-electron chi connectivity index (χ0n) is 12.9. The minimum Gasteiger partial charge on any atom is -0.465 e. The van der Waals surface area contributed by atoms with Crippen molar-refractivity contribution in [3.63, 3.8) is 0 Å². The second-order valence-electron chi connectivity index (χ2n) is 6.00. The van der Waals surface area contributed by atoms with Crippen molar-refractivity contribution in [2.24, 2.45) is 5.92 Å². The average Bonchev–Trinajstić information content (AvgIpc) is 3.22. The van der Waals surface area contributed by atoms with E-state index in [1.807, 2.05) is 18.4 Å². The molecule has 7 nitrogen and oxygen atoms in total. The molecule has 2 amide bonds. The van der Waals surface area contributed by atoms with E-state index in [1.165, 1.54) is 0 Å². The molecule has 0 aromatic heterocycles. The van der Waals surface area contributed by atoms with Crippen LogP contribution < -0.4 is 16.0 Å². The molecule has 1 aliphatic carbocycles. The Morgan fingerprint density at radius 2 is 2.26 bits per heavy atom. The summed E-state index contributed by atoms with van der Waals surface area (Å²) in [5, 5.41) is 17.6. The molecular weight excluding hydrogens is 296 g/mol. The van der Waals surface area contributed by atoms with Crippen LogP contribution in [0.5, 0.6) is 0 Å². The van der Waals surface area contributed by atoms with Gasteiger partial charge in [0.1, 0.15) is 12.7 Å². The van der Waals surface area contributed by atoms with Crippen LogP contribution in [0.4, 0.5) is 4.79 Å². The molecule has 0 aromatic rings. The Morgan fingerprint density at radius 1 is 1.39 bits per heavy atom. The molecule has 1 saturated heterocycles. The summed E-state index contributed by atoms with van der Waals surface area (Å²) in [6.45, 7) is 0.501. The highest BCUT2D eigenvalue weighted by molar-refractivity contribution is 5.82. The predicted molar refractivity (Wildman–Crippen MR) is 85.3 cm³/mol. The molecule has 4 N–H and O–H groups in total. The molecule has 2 aliphatic heterocycles. The van der Waals surface area contributed by atoms with E-state index in [0.717, 1.165) is 25.0 Å². The van der Waals surface area contributed by atoms with Crippen LogP contribution in [0.2, 0.25) is 0 Å². The maximum Gasteiger partial charge on any atom is 0.405 e. The van der Waals surface area contributed by atoms with E-state index in [4.69, 9.17) is 5.11 Å². The van der Waals surface area contributed by atoms with Crippen molar-refractivity contribution in [3.05, 3.63) is 36.2 Å². The molecule has 0 aromatic carbocycles. The minimum absolute atomic E-state index is 0.0133. The van der Waals surface area contributed by atoms with E-state index in [1.54, 1.807) is 4.90 Å². The third-order valence-electron chi connectivity index (χ3n) is 4.52. The maximum absolute atomic E-state index is 12.2. The van der Waals surface area contributed by atoms with Gasteiger partial charge in [-0.2, -0.15) is 0 Å². The second-order valence-corrected chi connectivity index (χ2v) is 6.00. The largest absolute Gasteiger partial charge is 0.465 e. The van der Waals surface area contributed by atoms with Gasteiger partial charge in [0.2, 0.25) is 5.91 Å². The Morgan fingerprint density at radius 3 is 3.00 bits per heavy atom. The Hall–Kier alpha value is -2.44. The van der Waals surface area contributed by atoms with Gasteiger partial charge in [-0.05, 0) is 19.3 Å². The number of amides is 2. The number of hydrogen-bond donors (Lipinski definition) is 4. The zero-order valence-corrected chi connectivity index (χ0v) is 12.9. The summed E-state index contributed by atoms with van der Waals surface area (Å²) in [7, 11) is 0. The molecular formula is C16H22N4O3. The average molecular weight is 318 g/mol. The lowest BCUT2D eigenvalue weighted by Crippen LogP contribution is -2.53. The summed E-state index contributed by atoms with van der Waals surface area (Å²) < 4.78 is 0. The lowest BCUT2D eigenvalue weighted by atomic mass is 9.98. The van der Waals surface area contributed by atoms with Crippen LogP contribution in [0, 0.1) is 5.92 Å². The number of rotatable bonds is 4. The third kappa shape index (κ3) is 3.49. The van der Waals surface area contributed by atoms with Gasteiger partial charge in [0.25, 0.3) is 0 Å². The highest BCUT2D eigenvalue weighted by Gasteiger charge is 2.37. The van der Waals surface area contributed by atoms with Crippen molar-refractivity contribution in [1.82, 2.24) is 20.9 Å². The van der Waals surface area contributed by atoms with E-state index in [2.05, 4.69) is 28.1 Å². The third-order valence-corrected chi connectivity index (χ3v) is 4.52. The Labute approximate surface area is 135 Å². The van der Waals surface area contributed by atoms with Crippen LogP contribution >= 0.6 is 0 Å². The van der Waals surface area contributed by atoms with Crippen molar-refractivity contribution < 1.29 is 14.7 Å². The van der Waals surface area contributed by atoms with Crippen molar-refractivity contribution >= 4 is 12.0 Å². The number of carbonyl (C=O) groups is 2. The van der Waals surface area contributed by atoms with Gasteiger partial charge in [-0.3, -0.25) is 4.79 Å². The smallest absolute Gasteiger partial charge is 0.405 e. The fraction of sp³-hybridized carbons (Fsp3) is 0.500. The molecule has 0 saturated carbocycles. The van der Waals surface area contributed by atoms with E-state index >= 15 is 0 Å². The predicted octanol–water partition coefficient (Wildman–Crippen LogP) is 0.738. The van der Waals surface area contributed by atoms with Crippen LogP contribution in [-0.4, -0.2) is 47.3 Å². The van der Waals surface area contributed by atoms with Crippen molar-refractivity contribution in [2.75, 3.05) is 13.1 Å². The molecule has 1 fully saturated rings. The molecule has 124 valence electrons. The molecule has 2 unspecified atom stereocenters. The van der Waals surface area contributed by atoms with Gasteiger partial charge in [0.15, 0.2) is 0 Å². The molecule has 3 aliphatic rings. The number of carbonyl (C=O) groups excluding carboxylic acids is 1. The van der Waals surface area contributed by atoms with Gasteiger partial charge >= 0.3 is 6.09 Å². The van der Waals surface area contributed by atoms with Gasteiger partial charge in [0.05, 0.1) is 6.04 Å². The van der Waals surface area contributed by atoms with Crippen LogP contribution in [-0.2, 0) is 4.79 Å². The quantitative estimate of drug-likeness (QED) is 0.613. The number of nitrogens with one attached hydrogen (secondary N) is 3. The molecule has 3 atom stereocenters. The molecule has 0 spiro atoms. The molecule has 0 bridgehead atoms. The Kier molecular flexibility index (Phi) is 4.55. The SMILES string of the molecule is O=C(O)NCC(=O)N1CCC[C@H]1C1NC=C(C2C=CC=CC2)N1. The van der Waals surface area contributed by atoms with Crippen molar-refractivity contribution in [3.8, 4) is 0 Å². The van der Waals surface area contributed by atoms with Crippen molar-refractivity contribution in [1.29, 1.82) is 0 Å². The second kappa shape index (κ2) is 6.76. The number of carboxylic acid groups (broad SMARTS) is 1. The standard InChI is InChI=1S/C16H22N4O3/c21-14(10-18-16(22)23)20-8-4-7-13(20)15-17-9-12(19-15)11-5-2-1-3-6-11/h1-3,5,9,11,13,15,17-19H,4,6-8,10H2,(H,22,23)/t11?,13-,15?/m0/s1. The van der Waals surface area contributed by atoms with E-state index in [9.17, 15) is 9.59 Å². The Bertz CT molecular complexity index is 570. The van der Waals surface area contributed by atoms with Crippen molar-refractivity contribution in [2.45, 2.75) is 31.5 Å². The van der Waals surface area contributed by atoms with Gasteiger partial charge in [-0.25, -0.2) is 4.79 Å². The van der Waals surface area contributed by atoms with Crippen LogP contribution in [0.3, 0.4) is 0 Å². The molecule has 7 heteroatoms. The monoisotopic (exact) mass is 318 g/mol. The minimum atomic E-state index is -1.17. The molecule has 3 rings (SSSR count). The highest BCUT2D eigenvalue weighted by Crippen LogP contribution is 2.26. The van der Waals surface area contributed by atoms with Gasteiger partial charge in [-0.15, -0.1) is 0 Å². The molecule has 23 heavy (non-hydrogen) atoms. The topological polar surface area (TPSA) is 93.7 Å². The maximum atomic E-state index is 12.2. The first kappa shape index (κ1) is 15.5. The molecule has 2 heterocycles. The zero-order chi connectivity index (χ0) is 16.2. The summed E-state index contributed by atoms with van der Waals surface area (Å²) in [5.41, 5.74) is 1.14. The number of allylic oxidation sites excluding steroid dienone is 4.